The van der Waals surface area contributed by atoms with Gasteiger partial charge in [0.25, 0.3) is 5.91 Å². The highest BCUT2D eigenvalue weighted by molar-refractivity contribution is 8.00. The maximum absolute atomic E-state index is 13.3. The van der Waals surface area contributed by atoms with Crippen molar-refractivity contribution in [3.05, 3.63) is 62.8 Å². The summed E-state index contributed by atoms with van der Waals surface area (Å²) in [5.74, 6) is -2.31. The average molecular weight is 702 g/mol. The quantitative estimate of drug-likeness (QED) is 0.129. The van der Waals surface area contributed by atoms with Gasteiger partial charge in [-0.25, -0.2) is 9.59 Å². The summed E-state index contributed by atoms with van der Waals surface area (Å²) in [5.41, 5.74) is 0.603. The average Bonchev–Trinajstić information content (AvgIpc) is 3.62. The molecule has 234 valence electrons. The Kier molecular flexibility index (Phi) is 10.1. The summed E-state index contributed by atoms with van der Waals surface area (Å²) in [6.07, 6.45) is 3.62. The van der Waals surface area contributed by atoms with Gasteiger partial charge in [0.1, 0.15) is 23.7 Å². The van der Waals surface area contributed by atoms with Crippen molar-refractivity contribution in [2.75, 3.05) is 37.7 Å². The Hall–Kier alpha value is -2.84. The number of halogens is 3. The molecule has 0 unspecified atom stereocenters. The Bertz CT molecular complexity index is 1500. The number of hydrogen-bond donors (Lipinski definition) is 2. The molecule has 0 bridgehead atoms. The summed E-state index contributed by atoms with van der Waals surface area (Å²) in [7, 11) is 0. The third kappa shape index (κ3) is 6.57. The van der Waals surface area contributed by atoms with Crippen LogP contribution in [0.5, 0.6) is 0 Å². The summed E-state index contributed by atoms with van der Waals surface area (Å²) < 4.78 is 5.09. The van der Waals surface area contributed by atoms with Crippen molar-refractivity contribution in [3.63, 3.8) is 0 Å². The Morgan fingerprint density at radius 3 is 2.64 bits per heavy atom. The summed E-state index contributed by atoms with van der Waals surface area (Å²) in [6, 6.07) is 1.96. The number of carboxylic acid groups (broad SMARTS) is 1. The van der Waals surface area contributed by atoms with Crippen LogP contribution in [-0.2, 0) is 23.9 Å². The van der Waals surface area contributed by atoms with Crippen LogP contribution in [0.2, 0.25) is 15.1 Å². The molecule has 16 heteroatoms. The molecular formula is C28H27Cl3N4O7S2. The number of thioether (sulfide) groups is 2. The van der Waals surface area contributed by atoms with E-state index in [1.165, 1.54) is 23.9 Å². The normalized spacial score (nSPS) is 24.0. The van der Waals surface area contributed by atoms with Crippen LogP contribution in [0.25, 0.3) is 0 Å². The predicted molar refractivity (Wildman–Crippen MR) is 168 cm³/mol. The molecule has 5 rings (SSSR count). The highest BCUT2D eigenvalue weighted by Gasteiger charge is 2.54. The zero-order valence-corrected chi connectivity index (χ0v) is 27.0. The second kappa shape index (κ2) is 13.7. The van der Waals surface area contributed by atoms with Crippen LogP contribution < -0.4 is 5.32 Å². The van der Waals surface area contributed by atoms with Crippen molar-refractivity contribution >= 4 is 88.1 Å². The number of hydrogen-bond acceptors (Lipinski definition) is 8. The fourth-order valence-corrected chi connectivity index (χ4v) is 8.29. The minimum Gasteiger partial charge on any atom is -0.477 e. The number of carbonyl (C=O) groups is 5. The van der Waals surface area contributed by atoms with E-state index < -0.39 is 35.3 Å². The number of rotatable bonds is 9. The zero-order chi connectivity index (χ0) is 31.7. The van der Waals surface area contributed by atoms with Gasteiger partial charge in [0.05, 0.1) is 26.9 Å². The summed E-state index contributed by atoms with van der Waals surface area (Å²) in [4.78, 5) is 68.5. The molecule has 3 fully saturated rings. The third-order valence-corrected chi connectivity index (χ3v) is 11.0. The highest BCUT2D eigenvalue weighted by atomic mass is 35.5. The number of likely N-dealkylation sites (tertiary alicyclic amines) is 2. The Morgan fingerprint density at radius 2 is 1.91 bits per heavy atom. The molecule has 4 aliphatic rings. The number of carbonyl (C=O) groups excluding carboxylic acids is 4. The number of carboxylic acids is 1. The van der Waals surface area contributed by atoms with Crippen molar-refractivity contribution < 1.29 is 33.8 Å². The predicted octanol–water partition coefficient (Wildman–Crippen LogP) is 4.03. The SMILES string of the molecule is C=CCOC(=O)N1CC[C@H](N2CC/C(=C\C3=C(C(=O)O)N4C(=O)[C@@H](NC(=O)CSc5cc(Cl)c(Cl)cc5Cl)[C@H]4SC3)C2=O)C1. The van der Waals surface area contributed by atoms with Crippen LogP contribution in [0.4, 0.5) is 4.79 Å². The van der Waals surface area contributed by atoms with Gasteiger partial charge in [0, 0.05) is 35.9 Å². The maximum Gasteiger partial charge on any atom is 0.410 e. The molecule has 4 amide bonds. The first-order valence-corrected chi connectivity index (χ1v) is 16.7. The van der Waals surface area contributed by atoms with Gasteiger partial charge in [-0.3, -0.25) is 19.3 Å². The number of amides is 4. The molecule has 0 radical (unpaired) electrons. The Morgan fingerprint density at radius 1 is 1.16 bits per heavy atom. The largest absolute Gasteiger partial charge is 0.477 e. The van der Waals surface area contributed by atoms with Crippen molar-refractivity contribution in [1.29, 1.82) is 0 Å². The lowest BCUT2D eigenvalue weighted by atomic mass is 10.0. The van der Waals surface area contributed by atoms with Gasteiger partial charge in [-0.1, -0.05) is 47.5 Å². The van der Waals surface area contributed by atoms with Crippen molar-refractivity contribution in [2.24, 2.45) is 0 Å². The van der Waals surface area contributed by atoms with Crippen LogP contribution in [0, 0.1) is 0 Å². The van der Waals surface area contributed by atoms with E-state index in [1.54, 1.807) is 21.9 Å². The minimum atomic E-state index is -1.29. The second-order valence-corrected chi connectivity index (χ2v) is 13.6. The molecule has 1 aromatic rings. The molecule has 4 aliphatic heterocycles. The highest BCUT2D eigenvalue weighted by Crippen LogP contribution is 2.42. The van der Waals surface area contributed by atoms with E-state index in [4.69, 9.17) is 39.5 Å². The molecule has 11 nitrogen and oxygen atoms in total. The summed E-state index contributed by atoms with van der Waals surface area (Å²) in [6.45, 7) is 4.89. The third-order valence-electron chi connectivity index (χ3n) is 7.54. The van der Waals surface area contributed by atoms with Crippen LogP contribution in [0.3, 0.4) is 0 Å². The lowest BCUT2D eigenvalue weighted by Crippen LogP contribution is -2.70. The first-order chi connectivity index (χ1) is 21.0. The van der Waals surface area contributed by atoms with E-state index in [0.717, 1.165) is 16.7 Å². The van der Waals surface area contributed by atoms with E-state index in [9.17, 15) is 29.1 Å². The molecule has 0 saturated carbocycles. The van der Waals surface area contributed by atoms with Gasteiger partial charge in [0.15, 0.2) is 0 Å². The van der Waals surface area contributed by atoms with Crippen molar-refractivity contribution in [3.8, 4) is 0 Å². The van der Waals surface area contributed by atoms with E-state index >= 15 is 0 Å². The zero-order valence-electron chi connectivity index (χ0n) is 23.1. The van der Waals surface area contributed by atoms with E-state index in [0.29, 0.717) is 58.6 Å². The van der Waals surface area contributed by atoms with Crippen LogP contribution >= 0.6 is 58.3 Å². The van der Waals surface area contributed by atoms with Gasteiger partial charge >= 0.3 is 12.1 Å². The first kappa shape index (κ1) is 32.6. The molecule has 2 N–H and O–H groups in total. The maximum atomic E-state index is 13.3. The minimum absolute atomic E-state index is 0.0504. The van der Waals surface area contributed by atoms with Crippen LogP contribution in [0.1, 0.15) is 12.8 Å². The number of nitrogens with zero attached hydrogens (tertiary/aromatic N) is 3. The standard InChI is InChI=1S/C28H27Cl3N4O7S2/c1-2-7-42-28(41)33-5-4-16(11-33)34-6-3-14(24(34)37)8-15-12-44-26-22(25(38)35(26)23(15)27(39)40)32-21(36)13-43-20-10-18(30)17(29)9-19(20)31/h2,8-10,16,22,26H,1,3-7,11-13H2,(H,32,36)(H,39,40)/b14-8+/t16-,22+,26+/m0/s1. The van der Waals surface area contributed by atoms with E-state index in [2.05, 4.69) is 11.9 Å². The monoisotopic (exact) mass is 700 g/mol. The number of nitrogens with one attached hydrogen (secondary N) is 1. The molecule has 4 heterocycles. The molecular weight excluding hydrogens is 675 g/mol. The summed E-state index contributed by atoms with van der Waals surface area (Å²) in [5, 5.41) is 13.0. The molecule has 3 saturated heterocycles. The lowest BCUT2D eigenvalue weighted by Gasteiger charge is -2.49. The number of allylic oxidation sites excluding steroid dienone is 1. The van der Waals surface area contributed by atoms with Gasteiger partial charge in [-0.05, 0) is 36.6 Å². The number of β-lactam (4-membered cyclic amide) rings is 1. The number of ether oxygens (including phenoxy) is 1. The van der Waals surface area contributed by atoms with E-state index in [-0.39, 0.29) is 40.8 Å². The molecule has 0 aliphatic carbocycles. The smallest absolute Gasteiger partial charge is 0.410 e. The topological polar surface area (TPSA) is 137 Å². The fourth-order valence-electron chi connectivity index (χ4n) is 5.44. The van der Waals surface area contributed by atoms with Gasteiger partial charge in [0.2, 0.25) is 11.8 Å². The summed E-state index contributed by atoms with van der Waals surface area (Å²) >= 11 is 20.6. The molecule has 0 aromatic heterocycles. The lowest BCUT2D eigenvalue weighted by molar-refractivity contribution is -0.150. The fraction of sp³-hybridized carbons (Fsp3) is 0.393. The first-order valence-electron chi connectivity index (χ1n) is 13.5. The molecule has 0 spiro atoms. The Balaban J connectivity index is 1.22. The molecule has 44 heavy (non-hydrogen) atoms. The number of benzene rings is 1. The molecule has 3 atom stereocenters. The van der Waals surface area contributed by atoms with Crippen molar-refractivity contribution in [1.82, 2.24) is 20.0 Å². The number of aliphatic carboxylic acids is 1. The molecule has 1 aromatic carbocycles. The van der Waals surface area contributed by atoms with Crippen LogP contribution in [0.15, 0.2) is 52.6 Å². The van der Waals surface area contributed by atoms with Crippen LogP contribution in [-0.4, -0.2) is 105 Å². The van der Waals surface area contributed by atoms with Gasteiger partial charge < -0.3 is 25.0 Å². The number of fused-ring (bicyclic) bond motifs is 1. The second-order valence-electron chi connectivity index (χ2n) is 10.3. The van der Waals surface area contributed by atoms with E-state index in [1.807, 2.05) is 0 Å². The van der Waals surface area contributed by atoms with Gasteiger partial charge in [-0.2, -0.15) is 0 Å². The van der Waals surface area contributed by atoms with Crippen molar-refractivity contribution in [2.45, 2.75) is 35.2 Å². The van der Waals surface area contributed by atoms with Gasteiger partial charge in [-0.15, -0.1) is 23.5 Å². The Labute approximate surface area is 276 Å².